The van der Waals surface area contributed by atoms with Crippen molar-refractivity contribution in [2.24, 2.45) is 16.3 Å². The van der Waals surface area contributed by atoms with Crippen LogP contribution in [0.2, 0.25) is 0 Å². The molecule has 1 saturated heterocycles. The van der Waals surface area contributed by atoms with Gasteiger partial charge in [-0.2, -0.15) is 0 Å². The Morgan fingerprint density at radius 2 is 2.09 bits per heavy atom. The standard InChI is InChI=1S/C18H36N4O/c1-4-22-11-7-16(14-22)13-20-17(19-2)21-15-18(10-12-23-3)8-5-6-9-18/h16H,4-15H2,1-3H3,(H2,19,20,21). The number of nitrogens with one attached hydrogen (secondary N) is 2. The Labute approximate surface area is 142 Å². The van der Waals surface area contributed by atoms with Gasteiger partial charge in [0.25, 0.3) is 0 Å². The molecule has 1 heterocycles. The van der Waals surface area contributed by atoms with Gasteiger partial charge in [0.1, 0.15) is 0 Å². The highest BCUT2D eigenvalue weighted by Gasteiger charge is 2.33. The second-order valence-corrected chi connectivity index (χ2v) is 7.30. The average molecular weight is 325 g/mol. The summed E-state index contributed by atoms with van der Waals surface area (Å²) in [5.74, 6) is 1.71. The predicted octanol–water partition coefficient (Wildman–Crippen LogP) is 2.09. The third-order valence-corrected chi connectivity index (χ3v) is 5.73. The smallest absolute Gasteiger partial charge is 0.191 e. The van der Waals surface area contributed by atoms with Gasteiger partial charge in [0, 0.05) is 40.4 Å². The molecule has 0 radical (unpaired) electrons. The monoisotopic (exact) mass is 324 g/mol. The Kier molecular flexibility index (Phi) is 7.63. The quantitative estimate of drug-likeness (QED) is 0.530. The maximum atomic E-state index is 5.32. The van der Waals surface area contributed by atoms with Crippen molar-refractivity contribution in [1.82, 2.24) is 15.5 Å². The van der Waals surface area contributed by atoms with Gasteiger partial charge in [-0.3, -0.25) is 4.99 Å². The van der Waals surface area contributed by atoms with Crippen LogP contribution in [0.15, 0.2) is 4.99 Å². The van der Waals surface area contributed by atoms with Crippen LogP contribution < -0.4 is 10.6 Å². The summed E-state index contributed by atoms with van der Waals surface area (Å²) in [7, 11) is 3.68. The molecule has 0 amide bonds. The Balaban J connectivity index is 1.73. The van der Waals surface area contributed by atoms with Gasteiger partial charge < -0.3 is 20.3 Å². The Bertz CT molecular complexity index is 366. The van der Waals surface area contributed by atoms with Gasteiger partial charge in [-0.15, -0.1) is 0 Å². The molecule has 5 heteroatoms. The highest BCUT2D eigenvalue weighted by molar-refractivity contribution is 5.79. The molecule has 1 atom stereocenters. The molecule has 2 rings (SSSR count). The highest BCUT2D eigenvalue weighted by Crippen LogP contribution is 2.40. The molecule has 2 fully saturated rings. The summed E-state index contributed by atoms with van der Waals surface area (Å²) in [4.78, 5) is 6.94. The molecule has 0 aromatic heterocycles. The van der Waals surface area contributed by atoms with Gasteiger partial charge in [0.05, 0.1) is 0 Å². The molecular formula is C18H36N4O. The summed E-state index contributed by atoms with van der Waals surface area (Å²) >= 11 is 0. The SMILES string of the molecule is CCN1CCC(CNC(=NC)NCC2(CCOC)CCCC2)C1. The van der Waals surface area contributed by atoms with Gasteiger partial charge in [-0.1, -0.05) is 19.8 Å². The maximum Gasteiger partial charge on any atom is 0.191 e. The normalized spacial score (nSPS) is 25.0. The number of likely N-dealkylation sites (tertiary alicyclic amines) is 1. The summed E-state index contributed by atoms with van der Waals surface area (Å²) in [6.45, 7) is 8.79. The van der Waals surface area contributed by atoms with Crippen molar-refractivity contribution in [3.63, 3.8) is 0 Å². The summed E-state index contributed by atoms with van der Waals surface area (Å²) < 4.78 is 5.32. The zero-order valence-corrected chi connectivity index (χ0v) is 15.4. The van der Waals surface area contributed by atoms with Crippen LogP contribution in [0.1, 0.15) is 45.4 Å². The molecule has 2 N–H and O–H groups in total. The number of hydrogen-bond donors (Lipinski definition) is 2. The lowest BCUT2D eigenvalue weighted by Gasteiger charge is -2.30. The van der Waals surface area contributed by atoms with Gasteiger partial charge >= 0.3 is 0 Å². The number of nitrogens with zero attached hydrogens (tertiary/aromatic N) is 2. The number of hydrogen-bond acceptors (Lipinski definition) is 3. The molecule has 5 nitrogen and oxygen atoms in total. The maximum absolute atomic E-state index is 5.32. The summed E-state index contributed by atoms with van der Waals surface area (Å²) in [5, 5.41) is 7.11. The minimum atomic E-state index is 0.403. The molecule has 1 saturated carbocycles. The zero-order valence-electron chi connectivity index (χ0n) is 15.4. The highest BCUT2D eigenvalue weighted by atomic mass is 16.5. The van der Waals surface area contributed by atoms with Crippen LogP contribution in [-0.2, 0) is 4.74 Å². The lowest BCUT2D eigenvalue weighted by atomic mass is 9.83. The fraction of sp³-hybridized carbons (Fsp3) is 0.944. The van der Waals surface area contributed by atoms with Gasteiger partial charge in [-0.25, -0.2) is 0 Å². The van der Waals surface area contributed by atoms with E-state index in [1.165, 1.54) is 51.7 Å². The first-order valence-corrected chi connectivity index (χ1v) is 9.37. The van der Waals surface area contributed by atoms with E-state index < -0.39 is 0 Å². The van der Waals surface area contributed by atoms with Crippen molar-refractivity contribution in [2.45, 2.75) is 45.4 Å². The number of ether oxygens (including phenoxy) is 1. The molecule has 0 aromatic rings. The van der Waals surface area contributed by atoms with Crippen LogP contribution in [-0.4, -0.2) is 64.3 Å². The fourth-order valence-electron chi connectivity index (χ4n) is 4.06. The molecule has 0 aromatic carbocycles. The summed E-state index contributed by atoms with van der Waals surface area (Å²) in [6, 6.07) is 0. The molecule has 1 unspecified atom stereocenters. The summed E-state index contributed by atoms with van der Waals surface area (Å²) in [5.41, 5.74) is 0.403. The molecule has 1 aliphatic carbocycles. The van der Waals surface area contributed by atoms with Gasteiger partial charge in [0.2, 0.25) is 0 Å². The Morgan fingerprint density at radius 3 is 2.70 bits per heavy atom. The lowest BCUT2D eigenvalue weighted by Crippen LogP contribution is -2.44. The minimum Gasteiger partial charge on any atom is -0.385 e. The third kappa shape index (κ3) is 5.64. The number of methoxy groups -OCH3 is 1. The van der Waals surface area contributed by atoms with Crippen LogP contribution >= 0.6 is 0 Å². The minimum absolute atomic E-state index is 0.403. The van der Waals surface area contributed by atoms with Crippen LogP contribution in [0.5, 0.6) is 0 Å². The van der Waals surface area contributed by atoms with E-state index in [0.29, 0.717) is 5.41 Å². The largest absolute Gasteiger partial charge is 0.385 e. The first kappa shape index (κ1) is 18.5. The molecule has 23 heavy (non-hydrogen) atoms. The molecule has 2 aliphatic rings. The first-order chi connectivity index (χ1) is 11.2. The topological polar surface area (TPSA) is 48.9 Å². The van der Waals surface area contributed by atoms with Crippen molar-refractivity contribution in [3.05, 3.63) is 0 Å². The van der Waals surface area contributed by atoms with Gasteiger partial charge in [-0.05, 0) is 50.1 Å². The molecule has 0 spiro atoms. The van der Waals surface area contributed by atoms with E-state index in [-0.39, 0.29) is 0 Å². The summed E-state index contributed by atoms with van der Waals surface area (Å²) in [6.07, 6.45) is 7.79. The van der Waals surface area contributed by atoms with Crippen LogP contribution in [0.25, 0.3) is 0 Å². The van der Waals surface area contributed by atoms with E-state index in [0.717, 1.165) is 38.0 Å². The van der Waals surface area contributed by atoms with E-state index in [1.807, 2.05) is 7.05 Å². The number of rotatable bonds is 8. The molecular weight excluding hydrogens is 288 g/mol. The van der Waals surface area contributed by atoms with Crippen molar-refractivity contribution in [2.75, 3.05) is 53.5 Å². The van der Waals surface area contributed by atoms with Crippen molar-refractivity contribution >= 4 is 5.96 Å². The molecule has 134 valence electrons. The van der Waals surface area contributed by atoms with Crippen LogP contribution in [0.3, 0.4) is 0 Å². The fourth-order valence-corrected chi connectivity index (χ4v) is 4.06. The predicted molar refractivity (Wildman–Crippen MR) is 97.0 cm³/mol. The van der Waals surface area contributed by atoms with Crippen molar-refractivity contribution in [1.29, 1.82) is 0 Å². The van der Waals surface area contributed by atoms with E-state index >= 15 is 0 Å². The average Bonchev–Trinajstić information content (AvgIpc) is 3.23. The Morgan fingerprint density at radius 1 is 1.30 bits per heavy atom. The van der Waals surface area contributed by atoms with Crippen LogP contribution in [0, 0.1) is 11.3 Å². The van der Waals surface area contributed by atoms with Crippen molar-refractivity contribution < 1.29 is 4.74 Å². The number of guanidine groups is 1. The van der Waals surface area contributed by atoms with E-state index in [4.69, 9.17) is 4.74 Å². The number of aliphatic imine (C=N–C) groups is 1. The molecule has 1 aliphatic heterocycles. The Hall–Kier alpha value is -0.810. The second kappa shape index (κ2) is 9.48. The first-order valence-electron chi connectivity index (χ1n) is 9.37. The lowest BCUT2D eigenvalue weighted by molar-refractivity contribution is 0.138. The van der Waals surface area contributed by atoms with E-state index in [9.17, 15) is 0 Å². The van der Waals surface area contributed by atoms with Crippen LogP contribution in [0.4, 0.5) is 0 Å². The third-order valence-electron chi connectivity index (χ3n) is 5.73. The van der Waals surface area contributed by atoms with E-state index in [2.05, 4.69) is 27.4 Å². The molecule has 0 bridgehead atoms. The van der Waals surface area contributed by atoms with Gasteiger partial charge in [0.15, 0.2) is 5.96 Å². The van der Waals surface area contributed by atoms with Crippen molar-refractivity contribution in [3.8, 4) is 0 Å². The second-order valence-electron chi connectivity index (χ2n) is 7.30. The zero-order chi connectivity index (χ0) is 16.5. The van der Waals surface area contributed by atoms with E-state index in [1.54, 1.807) is 7.11 Å².